The summed E-state index contributed by atoms with van der Waals surface area (Å²) in [6, 6.07) is 0.176. The Balaban J connectivity index is 1.30. The molecule has 6 rings (SSSR count). The number of anilines is 1. The van der Waals surface area contributed by atoms with Crippen LogP contribution in [0.25, 0.3) is 5.70 Å². The van der Waals surface area contributed by atoms with Crippen LogP contribution in [0.4, 0.5) is 19.1 Å². The molecule has 0 aromatic carbocycles. The van der Waals surface area contributed by atoms with Crippen LogP contribution < -0.4 is 5.32 Å². The number of aryl methyl sites for hydroxylation is 1. The van der Waals surface area contributed by atoms with E-state index in [1.807, 2.05) is 13.1 Å². The lowest BCUT2D eigenvalue weighted by Crippen LogP contribution is -2.50. The third kappa shape index (κ3) is 4.09. The van der Waals surface area contributed by atoms with Gasteiger partial charge in [-0.25, -0.2) is 9.97 Å². The van der Waals surface area contributed by atoms with Gasteiger partial charge in [-0.3, -0.25) is 0 Å². The molecule has 2 aliphatic heterocycles. The number of alkyl halides is 3. The molecule has 2 aliphatic carbocycles. The zero-order valence-corrected chi connectivity index (χ0v) is 21.4. The van der Waals surface area contributed by atoms with E-state index in [2.05, 4.69) is 31.5 Å². The van der Waals surface area contributed by atoms with Crippen LogP contribution in [0, 0.1) is 6.92 Å². The summed E-state index contributed by atoms with van der Waals surface area (Å²) >= 11 is 0. The van der Waals surface area contributed by atoms with E-state index in [4.69, 9.17) is 9.72 Å². The molecule has 1 N–H and O–H groups in total. The molecule has 11 heteroatoms. The average Bonchev–Trinajstić information content (AvgIpc) is 3.40. The molecule has 2 aromatic rings. The van der Waals surface area contributed by atoms with E-state index < -0.39 is 11.6 Å². The van der Waals surface area contributed by atoms with Gasteiger partial charge in [0.1, 0.15) is 11.2 Å². The molecule has 1 unspecified atom stereocenters. The lowest BCUT2D eigenvalue weighted by Gasteiger charge is -2.42. The lowest BCUT2D eigenvalue weighted by molar-refractivity contribution is -0.216. The number of halogens is 3. The summed E-state index contributed by atoms with van der Waals surface area (Å²) in [5, 5.41) is 12.0. The van der Waals surface area contributed by atoms with Crippen molar-refractivity contribution in [3.8, 4) is 0 Å². The normalized spacial score (nSPS) is 27.1. The van der Waals surface area contributed by atoms with Gasteiger partial charge < -0.3 is 19.5 Å². The van der Waals surface area contributed by atoms with Crippen LogP contribution in [0.2, 0.25) is 0 Å². The zero-order chi connectivity index (χ0) is 25.8. The molecule has 2 aromatic heterocycles. The molecule has 2 fully saturated rings. The summed E-state index contributed by atoms with van der Waals surface area (Å²) in [5.74, 6) is 1.21. The smallest absolute Gasteiger partial charge is 0.379 e. The van der Waals surface area contributed by atoms with Crippen molar-refractivity contribution in [2.75, 3.05) is 25.5 Å². The number of nitrogens with one attached hydrogen (secondary N) is 1. The molecule has 200 valence electrons. The summed E-state index contributed by atoms with van der Waals surface area (Å²) in [6.45, 7) is 3.97. The van der Waals surface area contributed by atoms with Crippen LogP contribution in [0.5, 0.6) is 0 Å². The number of hydrogen-bond acceptors (Lipinski definition) is 7. The first-order chi connectivity index (χ1) is 17.8. The van der Waals surface area contributed by atoms with Gasteiger partial charge in [-0.1, -0.05) is 19.3 Å². The Morgan fingerprint density at radius 1 is 1.08 bits per heavy atom. The number of fused-ring (bicyclic) bond motifs is 3. The van der Waals surface area contributed by atoms with Gasteiger partial charge >= 0.3 is 6.18 Å². The second-order valence-corrected chi connectivity index (χ2v) is 11.0. The Kier molecular flexibility index (Phi) is 6.16. The summed E-state index contributed by atoms with van der Waals surface area (Å²) in [4.78, 5) is 11.7. The first-order valence-corrected chi connectivity index (χ1v) is 13.4. The van der Waals surface area contributed by atoms with Crippen molar-refractivity contribution in [3.05, 3.63) is 35.2 Å². The van der Waals surface area contributed by atoms with Crippen LogP contribution in [-0.2, 0) is 16.7 Å². The number of rotatable bonds is 5. The summed E-state index contributed by atoms with van der Waals surface area (Å²) in [5.41, 5.74) is 0.913. The SMILES string of the molecule is CO[C@H]1CCCC[C@@H]1Nc1ncc(C)c(C2C=C3c4nnc(C5(C(F)(F)F)CCC5)n4CCCN3C2)n1. The van der Waals surface area contributed by atoms with Gasteiger partial charge in [0.2, 0.25) is 5.95 Å². The van der Waals surface area contributed by atoms with Crippen molar-refractivity contribution >= 4 is 11.6 Å². The fourth-order valence-electron chi connectivity index (χ4n) is 6.53. The third-order valence-corrected chi connectivity index (χ3v) is 8.77. The predicted molar refractivity (Wildman–Crippen MR) is 132 cm³/mol. The number of ether oxygens (including phenoxy) is 1. The second-order valence-electron chi connectivity index (χ2n) is 11.0. The molecular weight excluding hydrogens is 483 g/mol. The monoisotopic (exact) mass is 517 g/mol. The van der Waals surface area contributed by atoms with E-state index in [9.17, 15) is 13.2 Å². The maximum absolute atomic E-state index is 14.1. The van der Waals surface area contributed by atoms with Crippen molar-refractivity contribution in [2.45, 2.75) is 94.5 Å². The van der Waals surface area contributed by atoms with E-state index in [1.54, 1.807) is 11.7 Å². The van der Waals surface area contributed by atoms with Crippen LogP contribution in [0.1, 0.15) is 80.2 Å². The van der Waals surface area contributed by atoms with E-state index in [1.165, 1.54) is 6.42 Å². The third-order valence-electron chi connectivity index (χ3n) is 8.77. The largest absolute Gasteiger partial charge is 0.401 e. The van der Waals surface area contributed by atoms with Crippen molar-refractivity contribution in [3.63, 3.8) is 0 Å². The Hall–Kier alpha value is -2.69. The summed E-state index contributed by atoms with van der Waals surface area (Å²) in [7, 11) is 1.75. The maximum atomic E-state index is 14.1. The van der Waals surface area contributed by atoms with Gasteiger partial charge in [0, 0.05) is 38.9 Å². The molecule has 37 heavy (non-hydrogen) atoms. The number of aromatic nitrogens is 5. The molecule has 3 atom stereocenters. The zero-order valence-electron chi connectivity index (χ0n) is 21.4. The molecule has 0 amide bonds. The van der Waals surface area contributed by atoms with Crippen LogP contribution in [0.3, 0.4) is 0 Å². The van der Waals surface area contributed by atoms with Crippen LogP contribution >= 0.6 is 0 Å². The highest BCUT2D eigenvalue weighted by Crippen LogP contribution is 2.54. The number of hydrogen-bond donors (Lipinski definition) is 1. The van der Waals surface area contributed by atoms with Crippen molar-refractivity contribution in [1.82, 2.24) is 29.6 Å². The summed E-state index contributed by atoms with van der Waals surface area (Å²) in [6.07, 6.45) is 5.60. The Labute approximate surface area is 214 Å². The van der Waals surface area contributed by atoms with E-state index in [0.717, 1.165) is 49.2 Å². The molecule has 4 heterocycles. The van der Waals surface area contributed by atoms with E-state index in [0.29, 0.717) is 31.3 Å². The molecular formula is C26H34F3N7O. The predicted octanol–water partition coefficient (Wildman–Crippen LogP) is 4.57. The van der Waals surface area contributed by atoms with Gasteiger partial charge in [-0.15, -0.1) is 10.2 Å². The second kappa shape index (κ2) is 9.25. The fourth-order valence-corrected chi connectivity index (χ4v) is 6.53. The highest BCUT2D eigenvalue weighted by Gasteiger charge is 2.62. The standard InChI is InChI=1S/C26H34F3N7O/c1-16-14-30-24(31-18-7-3-4-8-20(18)37-2)32-21(16)17-13-19-22-33-34-23(25(9-5-10-25)26(27,28)29)36(22)12-6-11-35(19)15-17/h13-14,17-18,20H,3-12,15H2,1-2H3,(H,30,31,32)/t17?,18-,20-/m0/s1. The van der Waals surface area contributed by atoms with Gasteiger partial charge in [0.05, 0.1) is 23.5 Å². The van der Waals surface area contributed by atoms with Crippen molar-refractivity contribution < 1.29 is 17.9 Å². The molecule has 0 saturated heterocycles. The minimum atomic E-state index is -4.32. The maximum Gasteiger partial charge on any atom is 0.401 e. The van der Waals surface area contributed by atoms with Gasteiger partial charge in [-0.05, 0) is 50.7 Å². The molecule has 4 aliphatic rings. The Morgan fingerprint density at radius 2 is 1.89 bits per heavy atom. The molecule has 0 spiro atoms. The van der Waals surface area contributed by atoms with Crippen molar-refractivity contribution in [2.24, 2.45) is 0 Å². The number of methoxy groups -OCH3 is 1. The molecule has 2 saturated carbocycles. The minimum absolute atomic E-state index is 0.00453. The van der Waals surface area contributed by atoms with E-state index in [-0.39, 0.29) is 36.7 Å². The van der Waals surface area contributed by atoms with Crippen LogP contribution in [-0.4, -0.2) is 68.2 Å². The molecule has 0 radical (unpaired) electrons. The average molecular weight is 518 g/mol. The minimum Gasteiger partial charge on any atom is -0.379 e. The van der Waals surface area contributed by atoms with Gasteiger partial charge in [0.25, 0.3) is 0 Å². The van der Waals surface area contributed by atoms with Crippen LogP contribution in [0.15, 0.2) is 12.3 Å². The first kappa shape index (κ1) is 24.6. The Morgan fingerprint density at radius 3 is 2.62 bits per heavy atom. The fraction of sp³-hybridized carbons (Fsp3) is 0.692. The molecule has 8 nitrogen and oxygen atoms in total. The first-order valence-electron chi connectivity index (χ1n) is 13.4. The lowest BCUT2D eigenvalue weighted by atomic mass is 9.67. The summed E-state index contributed by atoms with van der Waals surface area (Å²) < 4.78 is 49.7. The Bertz CT molecular complexity index is 1190. The molecule has 0 bridgehead atoms. The highest BCUT2D eigenvalue weighted by molar-refractivity contribution is 5.64. The van der Waals surface area contributed by atoms with Gasteiger partial charge in [0.15, 0.2) is 5.82 Å². The van der Waals surface area contributed by atoms with Crippen molar-refractivity contribution in [1.29, 1.82) is 0 Å². The quantitative estimate of drug-likeness (QED) is 0.622. The van der Waals surface area contributed by atoms with Gasteiger partial charge in [-0.2, -0.15) is 13.2 Å². The topological polar surface area (TPSA) is 81.0 Å². The number of nitrogens with zero attached hydrogens (tertiary/aromatic N) is 6. The highest BCUT2D eigenvalue weighted by atomic mass is 19.4. The van der Waals surface area contributed by atoms with E-state index >= 15 is 0 Å².